The van der Waals surface area contributed by atoms with E-state index in [1.165, 1.54) is 11.1 Å². The van der Waals surface area contributed by atoms with Crippen molar-refractivity contribution in [1.29, 1.82) is 0 Å². The first kappa shape index (κ1) is 15.4. The van der Waals surface area contributed by atoms with E-state index in [-0.39, 0.29) is 5.41 Å². The van der Waals surface area contributed by atoms with Crippen LogP contribution in [0.2, 0.25) is 0 Å². The van der Waals surface area contributed by atoms with Gasteiger partial charge in [-0.05, 0) is 39.0 Å². The molecule has 0 radical (unpaired) electrons. The summed E-state index contributed by atoms with van der Waals surface area (Å²) in [4.78, 5) is 0. The number of rotatable bonds is 6. The summed E-state index contributed by atoms with van der Waals surface area (Å²) in [5, 5.41) is 0. The predicted molar refractivity (Wildman–Crippen MR) is 72.7 cm³/mol. The summed E-state index contributed by atoms with van der Waals surface area (Å²) in [7, 11) is 0. The molecule has 0 heterocycles. The fraction of sp³-hybridized carbons (Fsp3) is 0.733. The van der Waals surface area contributed by atoms with Crippen LogP contribution >= 0.6 is 0 Å². The molecule has 0 saturated carbocycles. The quantitative estimate of drug-likeness (QED) is 0.592. The maximum absolute atomic E-state index is 5.66. The summed E-state index contributed by atoms with van der Waals surface area (Å²) in [5.74, 6) is 0. The normalized spacial score (nSPS) is 14.4. The first-order chi connectivity index (χ1) is 7.35. The second-order valence-corrected chi connectivity index (χ2v) is 5.78. The Balaban J connectivity index is 3.72. The van der Waals surface area contributed by atoms with Crippen molar-refractivity contribution in [2.75, 3.05) is 13.2 Å². The summed E-state index contributed by atoms with van der Waals surface area (Å²) in [6.45, 7) is 14.6. The van der Waals surface area contributed by atoms with Gasteiger partial charge in [-0.15, -0.1) is 0 Å². The highest BCUT2D eigenvalue weighted by Crippen LogP contribution is 2.13. The van der Waals surface area contributed by atoms with Gasteiger partial charge in [0.25, 0.3) is 0 Å². The molecule has 0 rings (SSSR count). The molecular weight excluding hydrogens is 196 g/mol. The van der Waals surface area contributed by atoms with Crippen molar-refractivity contribution in [3.63, 3.8) is 0 Å². The standard InChI is InChI=1S/C15H28O/c1-7-13(2)9-8-10-14(3)11-16-12-15(4,5)6/h7,10H,8-9,11-12H2,1-6H3. The van der Waals surface area contributed by atoms with Crippen LogP contribution in [-0.2, 0) is 4.74 Å². The summed E-state index contributed by atoms with van der Waals surface area (Å²) in [6.07, 6.45) is 6.75. The topological polar surface area (TPSA) is 9.23 Å². The third kappa shape index (κ3) is 9.97. The van der Waals surface area contributed by atoms with Gasteiger partial charge in [-0.1, -0.05) is 44.1 Å². The zero-order chi connectivity index (χ0) is 12.6. The zero-order valence-electron chi connectivity index (χ0n) is 11.9. The smallest absolute Gasteiger partial charge is 0.0674 e. The zero-order valence-corrected chi connectivity index (χ0v) is 11.9. The molecule has 1 heteroatoms. The molecular formula is C15H28O. The van der Waals surface area contributed by atoms with Gasteiger partial charge in [0.2, 0.25) is 0 Å². The third-order valence-corrected chi connectivity index (χ3v) is 2.39. The summed E-state index contributed by atoms with van der Waals surface area (Å²) in [5.41, 5.74) is 3.06. The maximum atomic E-state index is 5.66. The monoisotopic (exact) mass is 224 g/mol. The predicted octanol–water partition coefficient (Wildman–Crippen LogP) is 4.74. The fourth-order valence-electron chi connectivity index (χ4n) is 1.27. The molecule has 16 heavy (non-hydrogen) atoms. The molecule has 0 N–H and O–H groups in total. The Morgan fingerprint density at radius 3 is 2.25 bits per heavy atom. The molecule has 0 saturated heterocycles. The van der Waals surface area contributed by atoms with Crippen LogP contribution in [0.15, 0.2) is 23.3 Å². The minimum absolute atomic E-state index is 0.266. The van der Waals surface area contributed by atoms with E-state index in [1.807, 2.05) is 0 Å². The lowest BCUT2D eigenvalue weighted by Crippen LogP contribution is -2.15. The Morgan fingerprint density at radius 1 is 1.12 bits per heavy atom. The van der Waals surface area contributed by atoms with Crippen molar-refractivity contribution in [3.8, 4) is 0 Å². The van der Waals surface area contributed by atoms with E-state index in [2.05, 4.69) is 53.7 Å². The van der Waals surface area contributed by atoms with Crippen LogP contribution in [-0.4, -0.2) is 13.2 Å². The Kier molecular flexibility index (Phi) is 7.40. The van der Waals surface area contributed by atoms with Crippen molar-refractivity contribution in [1.82, 2.24) is 0 Å². The van der Waals surface area contributed by atoms with E-state index in [9.17, 15) is 0 Å². The second-order valence-electron chi connectivity index (χ2n) is 5.78. The highest BCUT2D eigenvalue weighted by molar-refractivity contribution is 5.02. The highest BCUT2D eigenvalue weighted by atomic mass is 16.5. The van der Waals surface area contributed by atoms with Gasteiger partial charge in [0, 0.05) is 0 Å². The summed E-state index contributed by atoms with van der Waals surface area (Å²) in [6, 6.07) is 0. The van der Waals surface area contributed by atoms with Crippen molar-refractivity contribution in [3.05, 3.63) is 23.3 Å². The van der Waals surface area contributed by atoms with E-state index < -0.39 is 0 Å². The molecule has 0 unspecified atom stereocenters. The molecule has 0 atom stereocenters. The molecule has 1 nitrogen and oxygen atoms in total. The van der Waals surface area contributed by atoms with Gasteiger partial charge in [0.1, 0.15) is 0 Å². The third-order valence-electron chi connectivity index (χ3n) is 2.39. The minimum atomic E-state index is 0.266. The van der Waals surface area contributed by atoms with Crippen molar-refractivity contribution < 1.29 is 4.74 Å². The van der Waals surface area contributed by atoms with Gasteiger partial charge in [0.05, 0.1) is 13.2 Å². The largest absolute Gasteiger partial charge is 0.377 e. The van der Waals surface area contributed by atoms with Gasteiger partial charge >= 0.3 is 0 Å². The first-order valence-electron chi connectivity index (χ1n) is 6.20. The molecule has 0 aliphatic heterocycles. The van der Waals surface area contributed by atoms with Crippen LogP contribution in [0.4, 0.5) is 0 Å². The summed E-state index contributed by atoms with van der Waals surface area (Å²) < 4.78 is 5.66. The van der Waals surface area contributed by atoms with Crippen molar-refractivity contribution in [2.45, 2.75) is 54.4 Å². The van der Waals surface area contributed by atoms with Crippen molar-refractivity contribution >= 4 is 0 Å². The average Bonchev–Trinajstić information content (AvgIpc) is 2.15. The Hall–Kier alpha value is -0.560. The molecule has 0 aliphatic rings. The molecule has 0 spiro atoms. The van der Waals surface area contributed by atoms with E-state index in [1.54, 1.807) is 0 Å². The molecule has 0 amide bonds. The number of ether oxygens (including phenoxy) is 1. The van der Waals surface area contributed by atoms with Gasteiger partial charge in [0.15, 0.2) is 0 Å². The molecule has 94 valence electrons. The molecule has 0 aliphatic carbocycles. The van der Waals surface area contributed by atoms with Crippen LogP contribution in [0.5, 0.6) is 0 Å². The van der Waals surface area contributed by atoms with Crippen LogP contribution in [0.3, 0.4) is 0 Å². The average molecular weight is 224 g/mol. The Morgan fingerprint density at radius 2 is 1.75 bits per heavy atom. The van der Waals surface area contributed by atoms with Crippen LogP contribution < -0.4 is 0 Å². The number of allylic oxidation sites excluding steroid dienone is 3. The second kappa shape index (κ2) is 7.67. The molecule has 0 bridgehead atoms. The van der Waals surface area contributed by atoms with Crippen molar-refractivity contribution in [2.24, 2.45) is 5.41 Å². The SMILES string of the molecule is CC=C(C)CCC=C(C)COCC(C)(C)C. The van der Waals surface area contributed by atoms with E-state index >= 15 is 0 Å². The molecule has 0 fully saturated rings. The number of hydrogen-bond acceptors (Lipinski definition) is 1. The van der Waals surface area contributed by atoms with E-state index in [0.717, 1.165) is 26.1 Å². The van der Waals surface area contributed by atoms with Gasteiger partial charge in [-0.25, -0.2) is 0 Å². The Labute approximate surface area is 102 Å². The first-order valence-corrected chi connectivity index (χ1v) is 6.20. The minimum Gasteiger partial charge on any atom is -0.377 e. The maximum Gasteiger partial charge on any atom is 0.0674 e. The summed E-state index contributed by atoms with van der Waals surface area (Å²) >= 11 is 0. The lowest BCUT2D eigenvalue weighted by Gasteiger charge is -2.18. The lowest BCUT2D eigenvalue weighted by atomic mass is 9.99. The molecule has 0 aromatic heterocycles. The number of hydrogen-bond donors (Lipinski definition) is 0. The van der Waals surface area contributed by atoms with E-state index in [0.29, 0.717) is 0 Å². The highest BCUT2D eigenvalue weighted by Gasteiger charge is 2.09. The van der Waals surface area contributed by atoms with E-state index in [4.69, 9.17) is 4.74 Å². The van der Waals surface area contributed by atoms with Gasteiger partial charge in [-0.2, -0.15) is 0 Å². The fourth-order valence-corrected chi connectivity index (χ4v) is 1.27. The Bertz CT molecular complexity index is 241. The van der Waals surface area contributed by atoms with Gasteiger partial charge < -0.3 is 4.74 Å². The molecule has 0 aromatic carbocycles. The molecule has 0 aromatic rings. The van der Waals surface area contributed by atoms with Crippen LogP contribution in [0.25, 0.3) is 0 Å². The van der Waals surface area contributed by atoms with Crippen LogP contribution in [0.1, 0.15) is 54.4 Å². The van der Waals surface area contributed by atoms with Crippen LogP contribution in [0, 0.1) is 5.41 Å². The van der Waals surface area contributed by atoms with Gasteiger partial charge in [-0.3, -0.25) is 0 Å². The lowest BCUT2D eigenvalue weighted by molar-refractivity contribution is 0.0866.